The van der Waals surface area contributed by atoms with Crippen LogP contribution in [0.3, 0.4) is 0 Å². The van der Waals surface area contributed by atoms with Gasteiger partial charge in [-0.3, -0.25) is 9.69 Å². The van der Waals surface area contributed by atoms with Gasteiger partial charge in [-0.25, -0.2) is 8.42 Å². The number of fused-ring (bicyclic) bond motifs is 1. The van der Waals surface area contributed by atoms with Crippen molar-refractivity contribution in [1.29, 1.82) is 0 Å². The van der Waals surface area contributed by atoms with E-state index in [1.165, 1.54) is 0 Å². The van der Waals surface area contributed by atoms with Crippen LogP contribution < -0.4 is 10.6 Å². The van der Waals surface area contributed by atoms with Crippen molar-refractivity contribution < 1.29 is 13.2 Å². The second kappa shape index (κ2) is 5.89. The van der Waals surface area contributed by atoms with Gasteiger partial charge in [0.2, 0.25) is 5.91 Å². The summed E-state index contributed by atoms with van der Waals surface area (Å²) in [6, 6.07) is 5.67. The molecule has 120 valence electrons. The first-order chi connectivity index (χ1) is 10.5. The zero-order valence-electron chi connectivity index (χ0n) is 12.5. The summed E-state index contributed by atoms with van der Waals surface area (Å²) in [4.78, 5) is 16.3. The fraction of sp³-hybridized carbons (Fsp3) is 0.533. The monoisotopic (exact) mass is 323 g/mol. The van der Waals surface area contributed by atoms with Crippen LogP contribution in [-0.4, -0.2) is 56.9 Å². The lowest BCUT2D eigenvalue weighted by Crippen LogP contribution is -2.47. The number of hydrogen-bond acceptors (Lipinski definition) is 5. The third-order valence-electron chi connectivity index (χ3n) is 4.38. The molecule has 1 aromatic carbocycles. The topological polar surface area (TPSA) is 83.7 Å². The molecule has 2 heterocycles. The molecule has 22 heavy (non-hydrogen) atoms. The molecule has 0 aromatic heterocycles. The average Bonchev–Trinajstić information content (AvgIpc) is 2.49. The molecule has 0 spiro atoms. The van der Waals surface area contributed by atoms with Gasteiger partial charge in [0.05, 0.1) is 18.1 Å². The molecule has 1 fully saturated rings. The van der Waals surface area contributed by atoms with E-state index in [-0.39, 0.29) is 24.0 Å². The van der Waals surface area contributed by atoms with Crippen LogP contribution in [-0.2, 0) is 21.1 Å². The lowest BCUT2D eigenvalue weighted by atomic mass is 10.00. The Morgan fingerprint density at radius 3 is 2.64 bits per heavy atom. The molecule has 0 aliphatic carbocycles. The van der Waals surface area contributed by atoms with Gasteiger partial charge in [0.15, 0.2) is 9.84 Å². The molecule has 0 atom stereocenters. The van der Waals surface area contributed by atoms with Crippen LogP contribution >= 0.6 is 0 Å². The Hall–Kier alpha value is -1.60. The lowest BCUT2D eigenvalue weighted by molar-refractivity contribution is -0.119. The van der Waals surface area contributed by atoms with Crippen LogP contribution in [0.4, 0.5) is 11.4 Å². The van der Waals surface area contributed by atoms with Crippen molar-refractivity contribution in [2.45, 2.75) is 12.8 Å². The van der Waals surface area contributed by atoms with E-state index in [2.05, 4.69) is 0 Å². The minimum Gasteiger partial charge on any atom is -0.398 e. The van der Waals surface area contributed by atoms with Crippen LogP contribution in [0.5, 0.6) is 0 Å². The molecule has 2 aliphatic heterocycles. The van der Waals surface area contributed by atoms with Gasteiger partial charge in [-0.15, -0.1) is 0 Å². The van der Waals surface area contributed by atoms with Gasteiger partial charge >= 0.3 is 0 Å². The molecule has 2 aliphatic rings. The molecular formula is C15H21N3O3S. The number of nitrogen functional groups attached to an aromatic ring is 1. The summed E-state index contributed by atoms with van der Waals surface area (Å²) >= 11 is 0. The number of anilines is 2. The van der Waals surface area contributed by atoms with Gasteiger partial charge in [0.25, 0.3) is 0 Å². The Labute approximate surface area is 130 Å². The van der Waals surface area contributed by atoms with E-state index in [0.717, 1.165) is 29.8 Å². The van der Waals surface area contributed by atoms with E-state index in [1.54, 1.807) is 4.90 Å². The Morgan fingerprint density at radius 2 is 1.91 bits per heavy atom. The van der Waals surface area contributed by atoms with E-state index < -0.39 is 9.84 Å². The number of hydrogen-bond donors (Lipinski definition) is 1. The predicted molar refractivity (Wildman–Crippen MR) is 86.6 cm³/mol. The fourth-order valence-corrected chi connectivity index (χ4v) is 4.37. The molecular weight excluding hydrogens is 302 g/mol. The first kappa shape index (κ1) is 15.3. The van der Waals surface area contributed by atoms with Gasteiger partial charge in [-0.1, -0.05) is 6.07 Å². The van der Waals surface area contributed by atoms with Crippen molar-refractivity contribution in [2.75, 3.05) is 48.3 Å². The van der Waals surface area contributed by atoms with Crippen molar-refractivity contribution in [1.82, 2.24) is 4.90 Å². The zero-order valence-corrected chi connectivity index (χ0v) is 13.3. The number of benzene rings is 1. The van der Waals surface area contributed by atoms with Gasteiger partial charge in [-0.2, -0.15) is 0 Å². The Morgan fingerprint density at radius 1 is 1.18 bits per heavy atom. The number of amides is 1. The second-order valence-corrected chi connectivity index (χ2v) is 8.23. The largest absolute Gasteiger partial charge is 0.398 e. The Balaban J connectivity index is 1.71. The molecule has 0 bridgehead atoms. The SMILES string of the molecule is Nc1cccc2c1CCCN2C(=O)CN1CCS(=O)(=O)CC1. The minimum absolute atomic E-state index is 0.0193. The number of carbonyl (C=O) groups is 1. The third-order valence-corrected chi connectivity index (χ3v) is 5.99. The Bertz CT molecular complexity index is 673. The number of carbonyl (C=O) groups excluding carboxylic acids is 1. The van der Waals surface area contributed by atoms with Crippen molar-refractivity contribution in [3.63, 3.8) is 0 Å². The quantitative estimate of drug-likeness (QED) is 0.790. The molecule has 3 rings (SSSR count). The van der Waals surface area contributed by atoms with Crippen LogP contribution in [0.15, 0.2) is 18.2 Å². The van der Waals surface area contributed by atoms with Crippen LogP contribution in [0.25, 0.3) is 0 Å². The first-order valence-electron chi connectivity index (χ1n) is 7.57. The van der Waals surface area contributed by atoms with Crippen LogP contribution in [0, 0.1) is 0 Å². The van der Waals surface area contributed by atoms with Crippen molar-refractivity contribution in [2.24, 2.45) is 0 Å². The maximum Gasteiger partial charge on any atom is 0.241 e. The highest BCUT2D eigenvalue weighted by atomic mass is 32.2. The summed E-state index contributed by atoms with van der Waals surface area (Å²) < 4.78 is 22.9. The number of sulfone groups is 1. The van der Waals surface area contributed by atoms with E-state index in [9.17, 15) is 13.2 Å². The predicted octanol–water partition coefficient (Wildman–Crippen LogP) is 0.278. The summed E-state index contributed by atoms with van der Waals surface area (Å²) in [5, 5.41) is 0. The highest BCUT2D eigenvalue weighted by Gasteiger charge is 2.27. The van der Waals surface area contributed by atoms with Crippen molar-refractivity contribution in [3.05, 3.63) is 23.8 Å². The third kappa shape index (κ3) is 3.10. The van der Waals surface area contributed by atoms with E-state index in [4.69, 9.17) is 5.73 Å². The standard InChI is InChI=1S/C15H21N3O3S/c16-13-4-1-5-14-12(13)3-2-6-18(14)15(19)11-17-7-9-22(20,21)10-8-17/h1,4-5H,2-3,6-11,16H2. The molecule has 1 amide bonds. The molecule has 1 saturated heterocycles. The second-order valence-electron chi connectivity index (χ2n) is 5.92. The minimum atomic E-state index is -2.91. The van der Waals surface area contributed by atoms with E-state index in [1.807, 2.05) is 23.1 Å². The van der Waals surface area contributed by atoms with Gasteiger partial charge in [0, 0.05) is 31.0 Å². The fourth-order valence-electron chi connectivity index (χ4n) is 3.10. The van der Waals surface area contributed by atoms with Gasteiger partial charge < -0.3 is 10.6 Å². The Kier molecular flexibility index (Phi) is 4.10. The zero-order chi connectivity index (χ0) is 15.7. The van der Waals surface area contributed by atoms with Crippen LogP contribution in [0.2, 0.25) is 0 Å². The van der Waals surface area contributed by atoms with Crippen molar-refractivity contribution >= 4 is 27.1 Å². The van der Waals surface area contributed by atoms with Crippen LogP contribution in [0.1, 0.15) is 12.0 Å². The molecule has 2 N–H and O–H groups in total. The highest BCUT2D eigenvalue weighted by molar-refractivity contribution is 7.91. The summed E-state index contributed by atoms with van der Waals surface area (Å²) in [6.45, 7) is 1.84. The number of rotatable bonds is 2. The van der Waals surface area contributed by atoms with E-state index >= 15 is 0 Å². The van der Waals surface area contributed by atoms with Gasteiger partial charge in [0.1, 0.15) is 0 Å². The maximum absolute atomic E-state index is 12.6. The summed E-state index contributed by atoms with van der Waals surface area (Å²) in [7, 11) is -2.91. The smallest absolute Gasteiger partial charge is 0.241 e. The molecule has 0 radical (unpaired) electrons. The molecule has 6 nitrogen and oxygen atoms in total. The summed E-state index contributed by atoms with van der Waals surface area (Å²) in [5.41, 5.74) is 8.69. The van der Waals surface area contributed by atoms with E-state index in [0.29, 0.717) is 19.6 Å². The average molecular weight is 323 g/mol. The molecule has 0 unspecified atom stereocenters. The molecule has 1 aromatic rings. The molecule has 7 heteroatoms. The lowest BCUT2D eigenvalue weighted by Gasteiger charge is -2.33. The first-order valence-corrected chi connectivity index (χ1v) is 9.39. The summed E-state index contributed by atoms with van der Waals surface area (Å²) in [6.07, 6.45) is 1.80. The number of nitrogens with two attached hydrogens (primary N) is 1. The highest BCUT2D eigenvalue weighted by Crippen LogP contribution is 2.31. The normalized spacial score (nSPS) is 21.4. The maximum atomic E-state index is 12.6. The molecule has 0 saturated carbocycles. The van der Waals surface area contributed by atoms with Gasteiger partial charge in [-0.05, 0) is 30.5 Å². The van der Waals surface area contributed by atoms with Crippen molar-refractivity contribution in [3.8, 4) is 0 Å². The summed E-state index contributed by atoms with van der Waals surface area (Å²) in [5.74, 6) is 0.305. The number of nitrogens with zero attached hydrogens (tertiary/aromatic N) is 2.